The van der Waals surface area contributed by atoms with E-state index in [9.17, 15) is 4.79 Å². The molecule has 0 aromatic heterocycles. The highest BCUT2D eigenvalue weighted by molar-refractivity contribution is 14.0. The van der Waals surface area contributed by atoms with E-state index in [4.69, 9.17) is 4.74 Å². The maximum absolute atomic E-state index is 11.7. The van der Waals surface area contributed by atoms with E-state index in [1.165, 1.54) is 5.56 Å². The fourth-order valence-electron chi connectivity index (χ4n) is 3.29. The van der Waals surface area contributed by atoms with Gasteiger partial charge < -0.3 is 20.7 Å². The first-order valence-electron chi connectivity index (χ1n) is 9.99. The lowest BCUT2D eigenvalue weighted by atomic mass is 10.2. The molecule has 1 aromatic carbocycles. The first-order valence-corrected chi connectivity index (χ1v) is 9.99. The van der Waals surface area contributed by atoms with E-state index in [1.54, 1.807) is 7.05 Å². The van der Waals surface area contributed by atoms with Crippen LogP contribution in [0.5, 0.6) is 0 Å². The zero-order valence-electron chi connectivity index (χ0n) is 18.2. The van der Waals surface area contributed by atoms with Gasteiger partial charge in [0.1, 0.15) is 5.60 Å². The Balaban J connectivity index is 0.00000420. The van der Waals surface area contributed by atoms with Crippen molar-refractivity contribution in [2.45, 2.75) is 58.3 Å². The summed E-state index contributed by atoms with van der Waals surface area (Å²) in [7, 11) is 1.76. The van der Waals surface area contributed by atoms with Crippen LogP contribution >= 0.6 is 24.0 Å². The first kappa shape index (κ1) is 25.5. The number of benzene rings is 1. The molecule has 164 valence electrons. The monoisotopic (exact) mass is 517 g/mol. The average Bonchev–Trinajstić information content (AvgIpc) is 2.96. The smallest absolute Gasteiger partial charge is 0.407 e. The molecule has 0 aliphatic carbocycles. The molecule has 29 heavy (non-hydrogen) atoms. The number of likely N-dealkylation sites (tertiary alicyclic amines) is 1. The van der Waals surface area contributed by atoms with Gasteiger partial charge in [0, 0.05) is 45.3 Å². The molecule has 7 nitrogen and oxygen atoms in total. The summed E-state index contributed by atoms with van der Waals surface area (Å²) >= 11 is 0. The molecule has 3 N–H and O–H groups in total. The van der Waals surface area contributed by atoms with Gasteiger partial charge in [-0.3, -0.25) is 9.89 Å². The van der Waals surface area contributed by atoms with Crippen molar-refractivity contribution in [3.63, 3.8) is 0 Å². The Labute approximate surface area is 192 Å². The highest BCUT2D eigenvalue weighted by Gasteiger charge is 2.29. The zero-order valence-corrected chi connectivity index (χ0v) is 20.5. The second kappa shape index (κ2) is 12.2. The Hall–Kier alpha value is -1.55. The van der Waals surface area contributed by atoms with Gasteiger partial charge >= 0.3 is 6.09 Å². The van der Waals surface area contributed by atoms with Crippen LogP contribution in [0.2, 0.25) is 0 Å². The Kier molecular flexibility index (Phi) is 10.7. The molecule has 2 atom stereocenters. The van der Waals surface area contributed by atoms with E-state index in [-0.39, 0.29) is 24.0 Å². The van der Waals surface area contributed by atoms with Crippen LogP contribution in [0, 0.1) is 0 Å². The number of aliphatic imine (C=N–C) groups is 1. The van der Waals surface area contributed by atoms with Crippen molar-refractivity contribution in [3.05, 3.63) is 35.9 Å². The largest absolute Gasteiger partial charge is 0.444 e. The van der Waals surface area contributed by atoms with Gasteiger partial charge in [-0.25, -0.2) is 4.79 Å². The number of nitrogens with zero attached hydrogens (tertiary/aromatic N) is 2. The van der Waals surface area contributed by atoms with Gasteiger partial charge in [-0.2, -0.15) is 0 Å². The Bertz CT molecular complexity index is 648. The number of nitrogens with one attached hydrogen (secondary N) is 3. The van der Waals surface area contributed by atoms with E-state index in [0.717, 1.165) is 25.5 Å². The van der Waals surface area contributed by atoms with Gasteiger partial charge in [-0.15, -0.1) is 24.0 Å². The minimum atomic E-state index is -0.486. The Morgan fingerprint density at radius 3 is 2.48 bits per heavy atom. The quantitative estimate of drug-likeness (QED) is 0.234. The molecule has 1 aromatic rings. The van der Waals surface area contributed by atoms with Crippen LogP contribution in [-0.4, -0.2) is 61.3 Å². The maximum atomic E-state index is 11.7. The summed E-state index contributed by atoms with van der Waals surface area (Å²) in [5.41, 5.74) is 0.852. The van der Waals surface area contributed by atoms with Crippen molar-refractivity contribution in [2.24, 2.45) is 4.99 Å². The lowest BCUT2D eigenvalue weighted by Crippen LogP contribution is -2.46. The van der Waals surface area contributed by atoms with Gasteiger partial charge in [0.05, 0.1) is 0 Å². The van der Waals surface area contributed by atoms with Crippen LogP contribution in [0.25, 0.3) is 0 Å². The Morgan fingerprint density at radius 2 is 1.86 bits per heavy atom. The van der Waals surface area contributed by atoms with E-state index in [1.807, 2.05) is 20.8 Å². The fourth-order valence-corrected chi connectivity index (χ4v) is 3.29. The summed E-state index contributed by atoms with van der Waals surface area (Å²) in [5, 5.41) is 9.47. The molecule has 0 saturated carbocycles. The van der Waals surface area contributed by atoms with Crippen molar-refractivity contribution >= 4 is 36.0 Å². The van der Waals surface area contributed by atoms with Crippen LogP contribution < -0.4 is 16.0 Å². The third-order valence-corrected chi connectivity index (χ3v) is 4.58. The lowest BCUT2D eigenvalue weighted by Gasteiger charge is -2.21. The molecular weight excluding hydrogens is 481 g/mol. The van der Waals surface area contributed by atoms with Crippen LogP contribution in [0.3, 0.4) is 0 Å². The number of carbonyl (C=O) groups is 1. The number of hydrogen-bond donors (Lipinski definition) is 3. The van der Waals surface area contributed by atoms with Crippen molar-refractivity contribution in [1.29, 1.82) is 0 Å². The minimum Gasteiger partial charge on any atom is -0.444 e. The fraction of sp³-hybridized carbons (Fsp3) is 0.619. The Morgan fingerprint density at radius 1 is 1.21 bits per heavy atom. The second-order valence-electron chi connectivity index (χ2n) is 8.27. The van der Waals surface area contributed by atoms with E-state index in [0.29, 0.717) is 25.2 Å². The molecule has 1 heterocycles. The van der Waals surface area contributed by atoms with Crippen molar-refractivity contribution < 1.29 is 9.53 Å². The summed E-state index contributed by atoms with van der Waals surface area (Å²) in [6.45, 7) is 10.8. The summed E-state index contributed by atoms with van der Waals surface area (Å²) in [6.07, 6.45) is 0.669. The summed E-state index contributed by atoms with van der Waals surface area (Å²) in [5.74, 6) is 0.754. The topological polar surface area (TPSA) is 78.0 Å². The van der Waals surface area contributed by atoms with Crippen molar-refractivity contribution in [1.82, 2.24) is 20.9 Å². The highest BCUT2D eigenvalue weighted by atomic mass is 127. The molecule has 1 aliphatic heterocycles. The van der Waals surface area contributed by atoms with Crippen molar-refractivity contribution in [3.8, 4) is 0 Å². The normalized spacial score (nSPS) is 20.0. The molecule has 1 saturated heterocycles. The zero-order chi connectivity index (χ0) is 20.6. The highest BCUT2D eigenvalue weighted by Crippen LogP contribution is 2.20. The van der Waals surface area contributed by atoms with Crippen LogP contribution in [0.1, 0.15) is 39.7 Å². The van der Waals surface area contributed by atoms with Gasteiger partial charge in [0.2, 0.25) is 0 Å². The number of ether oxygens (including phenoxy) is 1. The first-order chi connectivity index (χ1) is 13.3. The number of guanidine groups is 1. The predicted molar refractivity (Wildman–Crippen MR) is 129 cm³/mol. The molecule has 1 amide bonds. The van der Waals surface area contributed by atoms with E-state index in [2.05, 4.69) is 63.1 Å². The van der Waals surface area contributed by atoms with Gasteiger partial charge in [-0.05, 0) is 39.7 Å². The van der Waals surface area contributed by atoms with Crippen molar-refractivity contribution in [2.75, 3.05) is 26.7 Å². The third kappa shape index (κ3) is 9.66. The van der Waals surface area contributed by atoms with Crippen LogP contribution in [0.4, 0.5) is 4.79 Å². The number of halogens is 1. The SMILES string of the molecule is CN=C(NCCNC(=O)OC(C)(C)C)NC1CC(C)N(Cc2ccccc2)C1.I. The summed E-state index contributed by atoms with van der Waals surface area (Å²) in [4.78, 5) is 18.4. The predicted octanol–water partition coefficient (Wildman–Crippen LogP) is 2.96. The molecule has 1 fully saturated rings. The third-order valence-electron chi connectivity index (χ3n) is 4.58. The standard InChI is InChI=1S/C21H35N5O2.HI/c1-16-13-18(15-26(16)14-17-9-7-6-8-10-17)25-19(22-5)23-11-12-24-20(27)28-21(2,3)4;/h6-10,16,18H,11-15H2,1-5H3,(H,24,27)(H2,22,23,25);1H. The average molecular weight is 517 g/mol. The molecule has 0 radical (unpaired) electrons. The van der Waals surface area contributed by atoms with E-state index >= 15 is 0 Å². The molecule has 0 bridgehead atoms. The van der Waals surface area contributed by atoms with Gasteiger partial charge in [0.15, 0.2) is 5.96 Å². The summed E-state index contributed by atoms with van der Waals surface area (Å²) < 4.78 is 5.22. The minimum absolute atomic E-state index is 0. The molecular formula is C21H36IN5O2. The number of hydrogen-bond acceptors (Lipinski definition) is 4. The van der Waals surface area contributed by atoms with Gasteiger partial charge in [0.25, 0.3) is 0 Å². The molecule has 2 rings (SSSR count). The molecule has 0 spiro atoms. The summed E-state index contributed by atoms with van der Waals surface area (Å²) in [6, 6.07) is 11.4. The van der Waals surface area contributed by atoms with Crippen LogP contribution in [0.15, 0.2) is 35.3 Å². The lowest BCUT2D eigenvalue weighted by molar-refractivity contribution is 0.0529. The molecule has 8 heteroatoms. The van der Waals surface area contributed by atoms with Crippen LogP contribution in [-0.2, 0) is 11.3 Å². The van der Waals surface area contributed by atoms with E-state index < -0.39 is 11.7 Å². The number of rotatable bonds is 6. The number of carbonyl (C=O) groups excluding carboxylic acids is 1. The number of amides is 1. The number of alkyl carbamates (subject to hydrolysis) is 1. The maximum Gasteiger partial charge on any atom is 0.407 e. The molecule has 2 unspecified atom stereocenters. The molecule has 1 aliphatic rings. The second-order valence-corrected chi connectivity index (χ2v) is 8.27. The van der Waals surface area contributed by atoms with Gasteiger partial charge in [-0.1, -0.05) is 30.3 Å².